The van der Waals surface area contributed by atoms with Crippen LogP contribution in [0.5, 0.6) is 0 Å². The largest absolute Gasteiger partial charge is 0.330 e. The molecule has 0 aliphatic heterocycles. The summed E-state index contributed by atoms with van der Waals surface area (Å²) in [4.78, 5) is 0. The Hall–Kier alpha value is -0.890. The molecule has 3 rings (SSSR count). The standard InChI is InChI=1S/C14H18FN/c15-11-1-2-12-10(4-8-16)3-5-14(6-7-14)13(12)9-11/h1-2,9-10H,3-8,16H2. The van der Waals surface area contributed by atoms with E-state index in [0.717, 1.165) is 13.0 Å². The van der Waals surface area contributed by atoms with Gasteiger partial charge in [0, 0.05) is 0 Å². The van der Waals surface area contributed by atoms with Gasteiger partial charge in [0.1, 0.15) is 5.82 Å². The van der Waals surface area contributed by atoms with E-state index >= 15 is 0 Å². The van der Waals surface area contributed by atoms with Gasteiger partial charge in [-0.1, -0.05) is 6.07 Å². The van der Waals surface area contributed by atoms with Crippen LogP contribution in [0.2, 0.25) is 0 Å². The molecule has 1 aromatic carbocycles. The van der Waals surface area contributed by atoms with Crippen molar-refractivity contribution in [2.45, 2.75) is 43.4 Å². The summed E-state index contributed by atoms with van der Waals surface area (Å²) in [6.07, 6.45) is 6.00. The van der Waals surface area contributed by atoms with Gasteiger partial charge in [-0.2, -0.15) is 0 Å². The summed E-state index contributed by atoms with van der Waals surface area (Å²) < 4.78 is 13.4. The lowest BCUT2D eigenvalue weighted by Gasteiger charge is -2.31. The molecule has 1 nitrogen and oxygen atoms in total. The van der Waals surface area contributed by atoms with Crippen molar-refractivity contribution in [3.05, 3.63) is 35.1 Å². The Morgan fingerprint density at radius 3 is 2.81 bits per heavy atom. The molecule has 1 spiro atoms. The van der Waals surface area contributed by atoms with E-state index in [4.69, 9.17) is 5.73 Å². The lowest BCUT2D eigenvalue weighted by atomic mass is 9.73. The average Bonchev–Trinajstić information content (AvgIpc) is 3.04. The zero-order valence-corrected chi connectivity index (χ0v) is 9.51. The Bertz CT molecular complexity index is 409. The second-order valence-corrected chi connectivity index (χ2v) is 5.32. The van der Waals surface area contributed by atoms with E-state index < -0.39 is 0 Å². The zero-order chi connectivity index (χ0) is 11.2. The molecule has 2 aliphatic rings. The van der Waals surface area contributed by atoms with Crippen molar-refractivity contribution in [1.29, 1.82) is 0 Å². The molecule has 2 heteroatoms. The maximum absolute atomic E-state index is 13.4. The number of nitrogens with two attached hydrogens (primary N) is 1. The normalized spacial score (nSPS) is 25.5. The first-order chi connectivity index (χ1) is 7.75. The van der Waals surface area contributed by atoms with Gasteiger partial charge in [-0.3, -0.25) is 0 Å². The van der Waals surface area contributed by atoms with Crippen LogP contribution in [0.4, 0.5) is 4.39 Å². The molecular formula is C14H18FN. The van der Waals surface area contributed by atoms with Gasteiger partial charge < -0.3 is 5.73 Å². The number of fused-ring (bicyclic) bond motifs is 2. The van der Waals surface area contributed by atoms with Gasteiger partial charge in [0.15, 0.2) is 0 Å². The molecule has 0 bridgehead atoms. The fourth-order valence-electron chi connectivity index (χ4n) is 3.26. The van der Waals surface area contributed by atoms with Gasteiger partial charge in [0.05, 0.1) is 0 Å². The number of rotatable bonds is 2. The first-order valence-corrected chi connectivity index (χ1v) is 6.25. The van der Waals surface area contributed by atoms with Crippen LogP contribution in [-0.4, -0.2) is 6.54 Å². The van der Waals surface area contributed by atoms with Crippen LogP contribution in [-0.2, 0) is 5.41 Å². The molecule has 1 saturated carbocycles. The van der Waals surface area contributed by atoms with Crippen LogP contribution < -0.4 is 5.73 Å². The highest BCUT2D eigenvalue weighted by Gasteiger charge is 2.48. The van der Waals surface area contributed by atoms with Crippen LogP contribution in [0.3, 0.4) is 0 Å². The highest BCUT2D eigenvalue weighted by molar-refractivity contribution is 5.43. The topological polar surface area (TPSA) is 26.0 Å². The third-order valence-electron chi connectivity index (χ3n) is 4.37. The zero-order valence-electron chi connectivity index (χ0n) is 9.51. The van der Waals surface area contributed by atoms with Crippen molar-refractivity contribution in [2.24, 2.45) is 5.73 Å². The molecular weight excluding hydrogens is 201 g/mol. The van der Waals surface area contributed by atoms with Crippen LogP contribution in [0.1, 0.15) is 49.1 Å². The third kappa shape index (κ3) is 1.47. The lowest BCUT2D eigenvalue weighted by Crippen LogP contribution is -2.21. The summed E-state index contributed by atoms with van der Waals surface area (Å²) >= 11 is 0. The van der Waals surface area contributed by atoms with Crippen molar-refractivity contribution in [1.82, 2.24) is 0 Å². The lowest BCUT2D eigenvalue weighted by molar-refractivity contribution is 0.451. The minimum atomic E-state index is -0.0848. The van der Waals surface area contributed by atoms with Crippen molar-refractivity contribution >= 4 is 0 Å². The van der Waals surface area contributed by atoms with E-state index in [1.807, 2.05) is 6.07 Å². The van der Waals surface area contributed by atoms with E-state index in [9.17, 15) is 4.39 Å². The van der Waals surface area contributed by atoms with Gasteiger partial charge in [-0.25, -0.2) is 4.39 Å². The van der Waals surface area contributed by atoms with Crippen LogP contribution >= 0.6 is 0 Å². The Balaban J connectivity index is 2.03. The van der Waals surface area contributed by atoms with Crippen molar-refractivity contribution in [3.63, 3.8) is 0 Å². The Labute approximate surface area is 95.8 Å². The van der Waals surface area contributed by atoms with Gasteiger partial charge in [-0.05, 0) is 73.2 Å². The molecule has 1 unspecified atom stereocenters. The Kier molecular flexibility index (Phi) is 2.28. The first-order valence-electron chi connectivity index (χ1n) is 6.25. The molecule has 1 fully saturated rings. The highest BCUT2D eigenvalue weighted by Crippen LogP contribution is 2.58. The molecule has 1 aromatic rings. The quantitative estimate of drug-likeness (QED) is 0.812. The molecule has 1 atom stereocenters. The summed E-state index contributed by atoms with van der Waals surface area (Å²) in [7, 11) is 0. The second-order valence-electron chi connectivity index (χ2n) is 5.32. The summed E-state index contributed by atoms with van der Waals surface area (Å²) in [5.41, 5.74) is 8.67. The van der Waals surface area contributed by atoms with E-state index in [1.165, 1.54) is 36.8 Å². The van der Waals surface area contributed by atoms with E-state index in [2.05, 4.69) is 0 Å². The van der Waals surface area contributed by atoms with Gasteiger partial charge in [0.25, 0.3) is 0 Å². The van der Waals surface area contributed by atoms with Crippen LogP contribution in [0.25, 0.3) is 0 Å². The summed E-state index contributed by atoms with van der Waals surface area (Å²) in [5, 5.41) is 0. The molecule has 2 N–H and O–H groups in total. The Morgan fingerprint density at radius 2 is 2.12 bits per heavy atom. The number of hydrogen-bond donors (Lipinski definition) is 1. The number of hydrogen-bond acceptors (Lipinski definition) is 1. The van der Waals surface area contributed by atoms with Crippen LogP contribution in [0, 0.1) is 5.82 Å². The first kappa shape index (κ1) is 10.3. The monoisotopic (exact) mass is 219 g/mol. The van der Waals surface area contributed by atoms with Crippen LogP contribution in [0.15, 0.2) is 18.2 Å². The maximum Gasteiger partial charge on any atom is 0.123 e. The van der Waals surface area contributed by atoms with Crippen molar-refractivity contribution in [2.75, 3.05) is 6.54 Å². The summed E-state index contributed by atoms with van der Waals surface area (Å²) in [6, 6.07) is 5.36. The summed E-state index contributed by atoms with van der Waals surface area (Å²) in [6.45, 7) is 0.731. The summed E-state index contributed by atoms with van der Waals surface area (Å²) in [5.74, 6) is 0.477. The smallest absolute Gasteiger partial charge is 0.123 e. The number of halogens is 1. The minimum absolute atomic E-state index is 0.0848. The van der Waals surface area contributed by atoms with E-state index in [-0.39, 0.29) is 5.82 Å². The van der Waals surface area contributed by atoms with Gasteiger partial charge in [-0.15, -0.1) is 0 Å². The maximum atomic E-state index is 13.4. The fraction of sp³-hybridized carbons (Fsp3) is 0.571. The molecule has 0 amide bonds. The molecule has 0 saturated heterocycles. The molecule has 86 valence electrons. The number of benzene rings is 1. The van der Waals surface area contributed by atoms with Crippen molar-refractivity contribution < 1.29 is 4.39 Å². The fourth-order valence-corrected chi connectivity index (χ4v) is 3.26. The second kappa shape index (κ2) is 3.56. The highest BCUT2D eigenvalue weighted by atomic mass is 19.1. The van der Waals surface area contributed by atoms with Gasteiger partial charge in [0.2, 0.25) is 0 Å². The molecule has 0 radical (unpaired) electrons. The predicted molar refractivity (Wildman–Crippen MR) is 63.0 cm³/mol. The predicted octanol–water partition coefficient (Wildman–Crippen LogP) is 3.08. The molecule has 2 aliphatic carbocycles. The average molecular weight is 219 g/mol. The molecule has 0 heterocycles. The van der Waals surface area contributed by atoms with E-state index in [1.54, 1.807) is 12.1 Å². The third-order valence-corrected chi connectivity index (χ3v) is 4.37. The van der Waals surface area contributed by atoms with E-state index in [0.29, 0.717) is 11.3 Å². The Morgan fingerprint density at radius 1 is 1.31 bits per heavy atom. The molecule has 16 heavy (non-hydrogen) atoms. The SMILES string of the molecule is NCCC1CCC2(CC2)c2cc(F)ccc21. The molecule has 0 aromatic heterocycles. The van der Waals surface area contributed by atoms with Crippen molar-refractivity contribution in [3.8, 4) is 0 Å². The van der Waals surface area contributed by atoms with Gasteiger partial charge >= 0.3 is 0 Å². The minimum Gasteiger partial charge on any atom is -0.330 e.